The summed E-state index contributed by atoms with van der Waals surface area (Å²) in [5.41, 5.74) is 0. The summed E-state index contributed by atoms with van der Waals surface area (Å²) in [6, 6.07) is 0. The minimum absolute atomic E-state index is 0.150. The van der Waals surface area contributed by atoms with Gasteiger partial charge in [0.25, 0.3) is 0 Å². The summed E-state index contributed by atoms with van der Waals surface area (Å²) < 4.78 is 5.46. The quantitative estimate of drug-likeness (QED) is 0.289. The zero-order valence-electron chi connectivity index (χ0n) is 12.8. The number of Topliss-reactive ketones (excluding diaryl/α,β-unsaturated/α-hetero) is 1. The van der Waals surface area contributed by atoms with Gasteiger partial charge in [-0.15, -0.1) is 0 Å². The fourth-order valence-corrected chi connectivity index (χ4v) is 2.40. The lowest BCUT2D eigenvalue weighted by Gasteiger charge is -2.20. The van der Waals surface area contributed by atoms with E-state index in [1.807, 2.05) is 13.8 Å². The number of aldehydes is 1. The van der Waals surface area contributed by atoms with Crippen LogP contribution in [-0.4, -0.2) is 24.8 Å². The van der Waals surface area contributed by atoms with E-state index in [2.05, 4.69) is 6.92 Å². The van der Waals surface area contributed by atoms with Gasteiger partial charge in [0.05, 0.1) is 12.0 Å². The van der Waals surface area contributed by atoms with Crippen LogP contribution in [0.15, 0.2) is 0 Å². The van der Waals surface area contributed by atoms with Gasteiger partial charge < -0.3 is 4.74 Å². The molecule has 0 aromatic heterocycles. The van der Waals surface area contributed by atoms with E-state index in [0.29, 0.717) is 12.9 Å². The first-order chi connectivity index (χ1) is 9.17. The van der Waals surface area contributed by atoms with Crippen LogP contribution in [0.25, 0.3) is 0 Å². The number of rotatable bonds is 13. The van der Waals surface area contributed by atoms with Crippen LogP contribution >= 0.6 is 0 Å². The van der Waals surface area contributed by atoms with Gasteiger partial charge in [-0.2, -0.15) is 0 Å². The van der Waals surface area contributed by atoms with Crippen LogP contribution in [0.5, 0.6) is 0 Å². The smallest absolute Gasteiger partial charge is 0.200 e. The highest BCUT2D eigenvalue weighted by atomic mass is 16.5. The Hall–Kier alpha value is -0.700. The number of ketones is 1. The standard InChI is InChI=1S/C16H30O3/c1-4-6-7-8-9-10-11-12-15(16(18)13-17)14(3)19-5-2/h13-15H,4-12H2,1-3H3. The fraction of sp³-hybridized carbons (Fsp3) is 0.875. The number of unbranched alkanes of at least 4 members (excludes halogenated alkanes) is 6. The Morgan fingerprint density at radius 1 is 1.05 bits per heavy atom. The molecule has 0 aromatic carbocycles. The van der Waals surface area contributed by atoms with Crippen LogP contribution in [0.1, 0.15) is 72.1 Å². The van der Waals surface area contributed by atoms with Crippen LogP contribution in [0.4, 0.5) is 0 Å². The van der Waals surface area contributed by atoms with Gasteiger partial charge in [-0.1, -0.05) is 51.9 Å². The normalized spacial score (nSPS) is 14.1. The highest BCUT2D eigenvalue weighted by Crippen LogP contribution is 2.18. The molecule has 0 amide bonds. The molecule has 0 heterocycles. The lowest BCUT2D eigenvalue weighted by Crippen LogP contribution is -2.29. The molecular formula is C16H30O3. The molecule has 112 valence electrons. The molecule has 0 bridgehead atoms. The number of hydrogen-bond acceptors (Lipinski definition) is 3. The molecule has 0 N–H and O–H groups in total. The molecule has 2 unspecified atom stereocenters. The highest BCUT2D eigenvalue weighted by Gasteiger charge is 2.24. The Labute approximate surface area is 118 Å². The SMILES string of the molecule is CCCCCCCCCC(C(=O)C=O)C(C)OCC. The average molecular weight is 270 g/mol. The second-order valence-electron chi connectivity index (χ2n) is 5.20. The Morgan fingerprint density at radius 3 is 2.16 bits per heavy atom. The van der Waals surface area contributed by atoms with Crippen LogP contribution in [0.3, 0.4) is 0 Å². The lowest BCUT2D eigenvalue weighted by atomic mass is 9.92. The first kappa shape index (κ1) is 18.3. The van der Waals surface area contributed by atoms with Crippen molar-refractivity contribution in [2.24, 2.45) is 5.92 Å². The van der Waals surface area contributed by atoms with Crippen molar-refractivity contribution in [3.05, 3.63) is 0 Å². The third-order valence-corrected chi connectivity index (χ3v) is 3.60. The summed E-state index contributed by atoms with van der Waals surface area (Å²) in [5, 5.41) is 0. The number of hydrogen-bond donors (Lipinski definition) is 0. The van der Waals surface area contributed by atoms with E-state index in [0.717, 1.165) is 19.3 Å². The first-order valence-corrected chi connectivity index (χ1v) is 7.77. The monoisotopic (exact) mass is 270 g/mol. The van der Waals surface area contributed by atoms with E-state index < -0.39 is 0 Å². The van der Waals surface area contributed by atoms with Crippen LogP contribution in [0.2, 0.25) is 0 Å². The Bertz CT molecular complexity index is 238. The zero-order chi connectivity index (χ0) is 14.5. The predicted octanol–water partition coefficient (Wildman–Crippen LogP) is 3.94. The highest BCUT2D eigenvalue weighted by molar-refractivity contribution is 6.26. The summed E-state index contributed by atoms with van der Waals surface area (Å²) in [7, 11) is 0. The van der Waals surface area contributed by atoms with Gasteiger partial charge in [-0.25, -0.2) is 0 Å². The molecule has 0 aliphatic rings. The fourth-order valence-electron chi connectivity index (χ4n) is 2.40. The van der Waals surface area contributed by atoms with Crippen molar-refractivity contribution in [2.75, 3.05) is 6.61 Å². The van der Waals surface area contributed by atoms with Gasteiger partial charge in [-0.05, 0) is 20.3 Å². The molecule has 0 aliphatic heterocycles. The Kier molecular flexibility index (Phi) is 11.9. The topological polar surface area (TPSA) is 43.4 Å². The van der Waals surface area contributed by atoms with Crippen molar-refractivity contribution in [3.63, 3.8) is 0 Å². The van der Waals surface area contributed by atoms with E-state index in [9.17, 15) is 9.59 Å². The summed E-state index contributed by atoms with van der Waals surface area (Å²) >= 11 is 0. The molecule has 0 rings (SSSR count). The Balaban J connectivity index is 3.86. The molecule has 0 saturated carbocycles. The van der Waals surface area contributed by atoms with Gasteiger partial charge in [-0.3, -0.25) is 9.59 Å². The maximum absolute atomic E-state index is 11.6. The maximum Gasteiger partial charge on any atom is 0.200 e. The van der Waals surface area contributed by atoms with Crippen molar-refractivity contribution in [1.82, 2.24) is 0 Å². The third-order valence-electron chi connectivity index (χ3n) is 3.60. The van der Waals surface area contributed by atoms with E-state index in [-0.39, 0.29) is 17.8 Å². The lowest BCUT2D eigenvalue weighted by molar-refractivity contribution is -0.136. The van der Waals surface area contributed by atoms with Crippen molar-refractivity contribution < 1.29 is 14.3 Å². The van der Waals surface area contributed by atoms with Crippen LogP contribution in [0, 0.1) is 5.92 Å². The second kappa shape index (κ2) is 12.3. The molecule has 0 radical (unpaired) electrons. The third kappa shape index (κ3) is 8.93. The van der Waals surface area contributed by atoms with E-state index in [1.54, 1.807) is 0 Å². The minimum atomic E-state index is -0.313. The van der Waals surface area contributed by atoms with Crippen LogP contribution in [-0.2, 0) is 14.3 Å². The summed E-state index contributed by atoms with van der Waals surface area (Å²) in [4.78, 5) is 22.2. The molecule has 0 aromatic rings. The molecule has 0 fully saturated rings. The number of carbonyl (C=O) groups excluding carboxylic acids is 2. The van der Waals surface area contributed by atoms with Crippen LogP contribution < -0.4 is 0 Å². The molecule has 19 heavy (non-hydrogen) atoms. The largest absolute Gasteiger partial charge is 0.378 e. The first-order valence-electron chi connectivity index (χ1n) is 7.77. The minimum Gasteiger partial charge on any atom is -0.378 e. The number of ether oxygens (including phenoxy) is 1. The molecule has 0 saturated heterocycles. The molecule has 0 aliphatic carbocycles. The van der Waals surface area contributed by atoms with E-state index in [1.165, 1.54) is 32.1 Å². The molecule has 3 heteroatoms. The van der Waals surface area contributed by atoms with Gasteiger partial charge in [0.1, 0.15) is 0 Å². The number of carbonyl (C=O) groups is 2. The maximum atomic E-state index is 11.6. The average Bonchev–Trinajstić information content (AvgIpc) is 2.41. The Morgan fingerprint density at radius 2 is 1.63 bits per heavy atom. The van der Waals surface area contributed by atoms with Crippen molar-refractivity contribution >= 4 is 12.1 Å². The van der Waals surface area contributed by atoms with Crippen molar-refractivity contribution in [2.45, 2.75) is 78.2 Å². The second-order valence-corrected chi connectivity index (χ2v) is 5.20. The van der Waals surface area contributed by atoms with Gasteiger partial charge >= 0.3 is 0 Å². The molecule has 0 spiro atoms. The van der Waals surface area contributed by atoms with Gasteiger partial charge in [0.15, 0.2) is 6.29 Å². The molecule has 2 atom stereocenters. The van der Waals surface area contributed by atoms with Gasteiger partial charge in [0.2, 0.25) is 5.78 Å². The van der Waals surface area contributed by atoms with Crippen molar-refractivity contribution in [3.8, 4) is 0 Å². The van der Waals surface area contributed by atoms with Crippen molar-refractivity contribution in [1.29, 1.82) is 0 Å². The van der Waals surface area contributed by atoms with E-state index in [4.69, 9.17) is 4.74 Å². The molecular weight excluding hydrogens is 240 g/mol. The summed E-state index contributed by atoms with van der Waals surface area (Å²) in [6.45, 7) is 6.59. The molecule has 3 nitrogen and oxygen atoms in total. The summed E-state index contributed by atoms with van der Waals surface area (Å²) in [6.07, 6.45) is 9.61. The van der Waals surface area contributed by atoms with E-state index >= 15 is 0 Å². The predicted molar refractivity (Wildman–Crippen MR) is 78.3 cm³/mol. The summed E-state index contributed by atoms with van der Waals surface area (Å²) in [5.74, 6) is -0.569. The van der Waals surface area contributed by atoms with Gasteiger partial charge in [0, 0.05) is 6.61 Å². The zero-order valence-corrected chi connectivity index (χ0v) is 12.8.